The second-order valence-electron chi connectivity index (χ2n) is 3.79. The third-order valence-electron chi connectivity index (χ3n) is 2.35. The highest BCUT2D eigenvalue weighted by Gasteiger charge is 2.07. The lowest BCUT2D eigenvalue weighted by Crippen LogP contribution is -1.95. The summed E-state index contributed by atoms with van der Waals surface area (Å²) >= 11 is 0. The number of benzene rings is 1. The SMILES string of the molecule is Cc1cnc(-c2cc(F)cc(C#N)c2)c(N)c1. The zero-order valence-corrected chi connectivity index (χ0v) is 9.24. The topological polar surface area (TPSA) is 62.7 Å². The third kappa shape index (κ3) is 2.23. The van der Waals surface area contributed by atoms with Crippen molar-refractivity contribution >= 4 is 5.69 Å². The van der Waals surface area contributed by atoms with E-state index in [1.165, 1.54) is 12.1 Å². The van der Waals surface area contributed by atoms with Gasteiger partial charge >= 0.3 is 0 Å². The molecule has 0 radical (unpaired) electrons. The molecular formula is C13H10FN3. The average Bonchev–Trinajstić information content (AvgIpc) is 2.28. The molecule has 1 aromatic heterocycles. The molecule has 84 valence electrons. The number of rotatable bonds is 1. The summed E-state index contributed by atoms with van der Waals surface area (Å²) in [5.74, 6) is -0.471. The van der Waals surface area contributed by atoms with Gasteiger partial charge in [0.1, 0.15) is 5.82 Å². The van der Waals surface area contributed by atoms with Crippen LogP contribution in [0.15, 0.2) is 30.5 Å². The number of anilines is 1. The van der Waals surface area contributed by atoms with Gasteiger partial charge in [-0.05, 0) is 36.8 Å². The Morgan fingerprint density at radius 1 is 1.29 bits per heavy atom. The molecule has 2 rings (SSSR count). The summed E-state index contributed by atoms with van der Waals surface area (Å²) in [7, 11) is 0. The van der Waals surface area contributed by atoms with Crippen LogP contribution in [0.25, 0.3) is 11.3 Å². The van der Waals surface area contributed by atoms with Gasteiger partial charge in [0.05, 0.1) is 23.0 Å². The van der Waals surface area contributed by atoms with Gasteiger partial charge in [-0.1, -0.05) is 0 Å². The molecule has 0 bridgehead atoms. The number of nitrogens with two attached hydrogens (primary N) is 1. The summed E-state index contributed by atoms with van der Waals surface area (Å²) in [6, 6.07) is 7.72. The van der Waals surface area contributed by atoms with Gasteiger partial charge in [-0.15, -0.1) is 0 Å². The summed E-state index contributed by atoms with van der Waals surface area (Å²) in [5, 5.41) is 8.78. The molecule has 0 saturated carbocycles. The number of nitrogens with zero attached hydrogens (tertiary/aromatic N) is 2. The highest BCUT2D eigenvalue weighted by molar-refractivity contribution is 5.73. The Morgan fingerprint density at radius 3 is 2.71 bits per heavy atom. The normalized spacial score (nSPS) is 9.94. The number of nitrogen functional groups attached to an aromatic ring is 1. The van der Waals surface area contributed by atoms with Gasteiger partial charge in [0, 0.05) is 11.8 Å². The van der Waals surface area contributed by atoms with Crippen molar-refractivity contribution < 1.29 is 4.39 Å². The second kappa shape index (κ2) is 4.22. The summed E-state index contributed by atoms with van der Waals surface area (Å²) < 4.78 is 13.3. The second-order valence-corrected chi connectivity index (χ2v) is 3.79. The minimum atomic E-state index is -0.471. The maximum atomic E-state index is 13.3. The molecular weight excluding hydrogens is 217 g/mol. The molecule has 0 spiro atoms. The molecule has 0 aliphatic carbocycles. The zero-order valence-electron chi connectivity index (χ0n) is 9.24. The summed E-state index contributed by atoms with van der Waals surface area (Å²) in [4.78, 5) is 4.16. The molecule has 1 aromatic carbocycles. The predicted octanol–water partition coefficient (Wildman–Crippen LogP) is 2.65. The Kier molecular flexibility index (Phi) is 2.75. The van der Waals surface area contributed by atoms with Crippen LogP contribution in [0.1, 0.15) is 11.1 Å². The van der Waals surface area contributed by atoms with Crippen LogP contribution in [-0.2, 0) is 0 Å². The molecule has 4 heteroatoms. The van der Waals surface area contributed by atoms with Gasteiger partial charge < -0.3 is 5.73 Å². The standard InChI is InChI=1S/C13H10FN3/c1-8-2-12(16)13(17-7-8)10-3-9(6-15)4-11(14)5-10/h2-5,7H,16H2,1H3. The quantitative estimate of drug-likeness (QED) is 0.814. The van der Waals surface area contributed by atoms with Crippen molar-refractivity contribution in [3.05, 3.63) is 47.4 Å². The average molecular weight is 227 g/mol. The van der Waals surface area contributed by atoms with Crippen molar-refractivity contribution in [2.24, 2.45) is 0 Å². The van der Waals surface area contributed by atoms with Gasteiger partial charge in [0.15, 0.2) is 0 Å². The fourth-order valence-electron chi connectivity index (χ4n) is 1.62. The van der Waals surface area contributed by atoms with E-state index in [2.05, 4.69) is 4.98 Å². The number of hydrogen-bond donors (Lipinski definition) is 1. The molecule has 0 amide bonds. The maximum absolute atomic E-state index is 13.3. The Morgan fingerprint density at radius 2 is 2.06 bits per heavy atom. The van der Waals surface area contributed by atoms with Gasteiger partial charge in [0.25, 0.3) is 0 Å². The van der Waals surface area contributed by atoms with Crippen molar-refractivity contribution in [1.82, 2.24) is 4.98 Å². The molecule has 2 N–H and O–H groups in total. The fraction of sp³-hybridized carbons (Fsp3) is 0.0769. The van der Waals surface area contributed by atoms with Crippen molar-refractivity contribution in [2.75, 3.05) is 5.73 Å². The van der Waals surface area contributed by atoms with E-state index in [-0.39, 0.29) is 5.56 Å². The van der Waals surface area contributed by atoms with E-state index < -0.39 is 5.82 Å². The largest absolute Gasteiger partial charge is 0.397 e. The van der Waals surface area contributed by atoms with E-state index in [9.17, 15) is 4.39 Å². The van der Waals surface area contributed by atoms with Gasteiger partial charge in [-0.3, -0.25) is 4.98 Å². The monoisotopic (exact) mass is 227 g/mol. The maximum Gasteiger partial charge on any atom is 0.125 e. The first-order valence-corrected chi connectivity index (χ1v) is 5.03. The van der Waals surface area contributed by atoms with E-state index >= 15 is 0 Å². The molecule has 2 aromatic rings. The van der Waals surface area contributed by atoms with Gasteiger partial charge in [-0.2, -0.15) is 5.26 Å². The van der Waals surface area contributed by atoms with E-state index in [4.69, 9.17) is 11.0 Å². The van der Waals surface area contributed by atoms with Crippen LogP contribution in [0.5, 0.6) is 0 Å². The minimum absolute atomic E-state index is 0.252. The molecule has 0 fully saturated rings. The fourth-order valence-corrected chi connectivity index (χ4v) is 1.62. The molecule has 0 saturated heterocycles. The summed E-state index contributed by atoms with van der Waals surface area (Å²) in [6.45, 7) is 1.87. The van der Waals surface area contributed by atoms with Crippen LogP contribution in [0, 0.1) is 24.1 Å². The van der Waals surface area contributed by atoms with Crippen LogP contribution in [0.4, 0.5) is 10.1 Å². The first-order chi connectivity index (χ1) is 8.10. The minimum Gasteiger partial charge on any atom is -0.397 e. The first-order valence-electron chi connectivity index (χ1n) is 5.03. The number of aryl methyl sites for hydroxylation is 1. The van der Waals surface area contributed by atoms with Crippen molar-refractivity contribution in [3.8, 4) is 17.3 Å². The van der Waals surface area contributed by atoms with Crippen LogP contribution in [0.2, 0.25) is 0 Å². The smallest absolute Gasteiger partial charge is 0.125 e. The van der Waals surface area contributed by atoms with E-state index in [0.717, 1.165) is 5.56 Å². The highest BCUT2D eigenvalue weighted by atomic mass is 19.1. The Labute approximate surface area is 98.3 Å². The molecule has 17 heavy (non-hydrogen) atoms. The Bertz CT molecular complexity index is 615. The Hall–Kier alpha value is -2.41. The van der Waals surface area contributed by atoms with E-state index in [0.29, 0.717) is 16.9 Å². The number of hydrogen-bond acceptors (Lipinski definition) is 3. The highest BCUT2D eigenvalue weighted by Crippen LogP contribution is 2.25. The molecule has 0 aliphatic heterocycles. The molecule has 0 unspecified atom stereocenters. The predicted molar refractivity (Wildman–Crippen MR) is 63.5 cm³/mol. The zero-order chi connectivity index (χ0) is 12.4. The Balaban J connectivity index is 2.61. The lowest BCUT2D eigenvalue weighted by atomic mass is 10.1. The van der Waals surface area contributed by atoms with Crippen LogP contribution < -0.4 is 5.73 Å². The molecule has 1 heterocycles. The van der Waals surface area contributed by atoms with Crippen LogP contribution >= 0.6 is 0 Å². The van der Waals surface area contributed by atoms with Crippen molar-refractivity contribution in [3.63, 3.8) is 0 Å². The van der Waals surface area contributed by atoms with Crippen LogP contribution in [0.3, 0.4) is 0 Å². The van der Waals surface area contributed by atoms with E-state index in [1.54, 1.807) is 18.3 Å². The number of aromatic nitrogens is 1. The van der Waals surface area contributed by atoms with Gasteiger partial charge in [0.2, 0.25) is 0 Å². The van der Waals surface area contributed by atoms with Gasteiger partial charge in [-0.25, -0.2) is 4.39 Å². The summed E-state index contributed by atoms with van der Waals surface area (Å²) in [5.41, 5.74) is 8.49. The lowest BCUT2D eigenvalue weighted by molar-refractivity contribution is 0.628. The molecule has 0 aliphatic rings. The van der Waals surface area contributed by atoms with Crippen LogP contribution in [-0.4, -0.2) is 4.98 Å². The molecule has 0 atom stereocenters. The van der Waals surface area contributed by atoms with Crippen molar-refractivity contribution in [2.45, 2.75) is 6.92 Å². The molecule has 3 nitrogen and oxygen atoms in total. The van der Waals surface area contributed by atoms with E-state index in [1.807, 2.05) is 13.0 Å². The number of nitriles is 1. The number of halogens is 1. The lowest BCUT2D eigenvalue weighted by Gasteiger charge is -2.06. The third-order valence-corrected chi connectivity index (χ3v) is 2.35. The first kappa shape index (κ1) is 11.1. The van der Waals surface area contributed by atoms with Crippen molar-refractivity contribution in [1.29, 1.82) is 5.26 Å². The summed E-state index contributed by atoms with van der Waals surface area (Å²) in [6.07, 6.45) is 1.66. The number of pyridine rings is 1.